The van der Waals surface area contributed by atoms with E-state index in [0.29, 0.717) is 11.7 Å². The Labute approximate surface area is 114 Å². The summed E-state index contributed by atoms with van der Waals surface area (Å²) >= 11 is 0. The number of benzene rings is 1. The van der Waals surface area contributed by atoms with Crippen molar-refractivity contribution in [2.75, 3.05) is 0 Å². The van der Waals surface area contributed by atoms with Gasteiger partial charge in [0.2, 0.25) is 0 Å². The van der Waals surface area contributed by atoms with Gasteiger partial charge in [0.25, 0.3) is 0 Å². The Bertz CT molecular complexity index is 624. The molecule has 0 amide bonds. The topological polar surface area (TPSA) is 49.6 Å². The largest absolute Gasteiger partial charge is 0.240 e. The molecule has 0 atom stereocenters. The molecule has 1 heterocycles. The lowest BCUT2D eigenvalue weighted by molar-refractivity contribution is 0.866. The molecule has 3 heteroatoms. The number of hydrogen-bond donors (Lipinski definition) is 0. The average molecular weight is 251 g/mol. The number of aromatic nitrogens is 2. The lowest BCUT2D eigenvalue weighted by atomic mass is 9.96. The van der Waals surface area contributed by atoms with Crippen LogP contribution in [0.4, 0.5) is 0 Å². The molecule has 0 saturated heterocycles. The van der Waals surface area contributed by atoms with Gasteiger partial charge in [0, 0.05) is 11.8 Å². The first kappa shape index (κ1) is 13.2. The van der Waals surface area contributed by atoms with Gasteiger partial charge in [-0.3, -0.25) is 0 Å². The molecule has 3 nitrogen and oxygen atoms in total. The maximum Gasteiger partial charge on any atom is 0.142 e. The predicted octanol–water partition coefficient (Wildman–Crippen LogP) is 3.64. The summed E-state index contributed by atoms with van der Waals surface area (Å²) in [6, 6.07) is 10.4. The molecule has 0 aliphatic carbocycles. The van der Waals surface area contributed by atoms with Crippen LogP contribution in [0.25, 0.3) is 11.3 Å². The quantitative estimate of drug-likeness (QED) is 0.836. The van der Waals surface area contributed by atoms with Crippen LogP contribution in [0.15, 0.2) is 30.5 Å². The van der Waals surface area contributed by atoms with E-state index < -0.39 is 0 Å². The molecule has 0 radical (unpaired) electrons. The molecule has 1 aromatic heterocycles. The summed E-state index contributed by atoms with van der Waals surface area (Å²) in [5.74, 6) is 1.06. The van der Waals surface area contributed by atoms with Crippen molar-refractivity contribution in [3.8, 4) is 17.3 Å². The molecule has 96 valence electrons. The monoisotopic (exact) mass is 251 g/mol. The van der Waals surface area contributed by atoms with Crippen molar-refractivity contribution in [1.82, 2.24) is 9.97 Å². The highest BCUT2D eigenvalue weighted by molar-refractivity contribution is 5.64. The van der Waals surface area contributed by atoms with Crippen molar-refractivity contribution >= 4 is 0 Å². The third kappa shape index (κ3) is 2.97. The zero-order valence-electron chi connectivity index (χ0n) is 11.5. The Morgan fingerprint density at radius 1 is 1.26 bits per heavy atom. The minimum atomic E-state index is 0.247. The normalized spacial score (nSPS) is 10.5. The van der Waals surface area contributed by atoms with Gasteiger partial charge in [0.15, 0.2) is 0 Å². The minimum Gasteiger partial charge on any atom is -0.240 e. The molecule has 19 heavy (non-hydrogen) atoms. The Hall–Kier alpha value is -2.21. The fraction of sp³-hybridized carbons (Fsp3) is 0.312. The first-order valence-corrected chi connectivity index (χ1v) is 6.41. The van der Waals surface area contributed by atoms with Crippen molar-refractivity contribution in [1.29, 1.82) is 5.26 Å². The third-order valence-corrected chi connectivity index (χ3v) is 3.15. The van der Waals surface area contributed by atoms with Gasteiger partial charge in [0.1, 0.15) is 5.82 Å². The number of nitrogens with zero attached hydrogens (tertiary/aromatic N) is 3. The molecule has 1 aromatic carbocycles. The first-order chi connectivity index (χ1) is 9.11. The van der Waals surface area contributed by atoms with E-state index in [0.717, 1.165) is 11.3 Å². The van der Waals surface area contributed by atoms with Crippen molar-refractivity contribution in [3.63, 3.8) is 0 Å². The molecule has 2 aromatic rings. The van der Waals surface area contributed by atoms with Crippen LogP contribution in [0.3, 0.4) is 0 Å². The zero-order valence-corrected chi connectivity index (χ0v) is 11.5. The van der Waals surface area contributed by atoms with Crippen molar-refractivity contribution in [2.24, 2.45) is 0 Å². The summed E-state index contributed by atoms with van der Waals surface area (Å²) in [5.41, 5.74) is 4.49. The second kappa shape index (κ2) is 5.62. The molecule has 0 saturated carbocycles. The van der Waals surface area contributed by atoms with Gasteiger partial charge in [0.05, 0.1) is 18.2 Å². The van der Waals surface area contributed by atoms with Crippen LogP contribution in [0.1, 0.15) is 36.7 Å². The van der Waals surface area contributed by atoms with Crippen LogP contribution >= 0.6 is 0 Å². The summed E-state index contributed by atoms with van der Waals surface area (Å²) < 4.78 is 0. The Balaban J connectivity index is 2.49. The lowest BCUT2D eigenvalue weighted by Crippen LogP contribution is -1.97. The van der Waals surface area contributed by atoms with E-state index >= 15 is 0 Å². The molecule has 0 unspecified atom stereocenters. The highest BCUT2D eigenvalue weighted by atomic mass is 14.9. The predicted molar refractivity (Wildman–Crippen MR) is 75.6 cm³/mol. The van der Waals surface area contributed by atoms with Gasteiger partial charge < -0.3 is 0 Å². The third-order valence-electron chi connectivity index (χ3n) is 3.15. The van der Waals surface area contributed by atoms with E-state index in [4.69, 9.17) is 5.26 Å². The van der Waals surface area contributed by atoms with Crippen LogP contribution in [-0.4, -0.2) is 9.97 Å². The van der Waals surface area contributed by atoms with Gasteiger partial charge in [-0.25, -0.2) is 9.97 Å². The summed E-state index contributed by atoms with van der Waals surface area (Å²) in [6.45, 7) is 6.43. The summed E-state index contributed by atoms with van der Waals surface area (Å²) in [5, 5.41) is 8.72. The maximum atomic E-state index is 8.72. The molecule has 0 aliphatic rings. The number of rotatable bonds is 3. The van der Waals surface area contributed by atoms with Crippen LogP contribution in [-0.2, 0) is 6.42 Å². The van der Waals surface area contributed by atoms with Crippen LogP contribution in [0.5, 0.6) is 0 Å². The molecular weight excluding hydrogens is 234 g/mol. The summed E-state index contributed by atoms with van der Waals surface area (Å²) in [6.07, 6.45) is 1.97. The van der Waals surface area contributed by atoms with Crippen molar-refractivity contribution < 1.29 is 0 Å². The highest BCUT2D eigenvalue weighted by Gasteiger charge is 2.08. The number of nitriles is 1. The smallest absolute Gasteiger partial charge is 0.142 e. The average Bonchev–Trinajstić information content (AvgIpc) is 2.39. The maximum absolute atomic E-state index is 8.72. The molecular formula is C16H17N3. The lowest BCUT2D eigenvalue weighted by Gasteiger charge is -2.11. The Morgan fingerprint density at radius 3 is 2.74 bits per heavy atom. The molecule has 2 rings (SSSR count). The molecule has 0 spiro atoms. The fourth-order valence-electron chi connectivity index (χ4n) is 1.98. The second-order valence-corrected chi connectivity index (χ2v) is 4.92. The Morgan fingerprint density at radius 2 is 2.05 bits per heavy atom. The van der Waals surface area contributed by atoms with Crippen LogP contribution in [0.2, 0.25) is 0 Å². The molecule has 0 N–H and O–H groups in total. The summed E-state index contributed by atoms with van der Waals surface area (Å²) in [7, 11) is 0. The van der Waals surface area contributed by atoms with Gasteiger partial charge in [-0.05, 0) is 36.1 Å². The van der Waals surface area contributed by atoms with E-state index in [9.17, 15) is 0 Å². The highest BCUT2D eigenvalue weighted by Crippen LogP contribution is 2.26. The standard InChI is InChI=1S/C16H17N3/c1-11(2)13-5-4-12(3)14(10-13)15-7-9-18-16(19-15)6-8-17/h4-5,7,9-11H,6H2,1-3H3. The molecule has 0 aliphatic heterocycles. The number of hydrogen-bond acceptors (Lipinski definition) is 3. The van der Waals surface area contributed by atoms with E-state index in [2.05, 4.69) is 55.0 Å². The van der Waals surface area contributed by atoms with E-state index in [1.807, 2.05) is 6.07 Å². The van der Waals surface area contributed by atoms with E-state index in [1.54, 1.807) is 6.20 Å². The van der Waals surface area contributed by atoms with Crippen LogP contribution in [0, 0.1) is 18.3 Å². The second-order valence-electron chi connectivity index (χ2n) is 4.92. The number of aryl methyl sites for hydroxylation is 1. The van der Waals surface area contributed by atoms with Gasteiger partial charge in [-0.1, -0.05) is 26.0 Å². The van der Waals surface area contributed by atoms with Gasteiger partial charge >= 0.3 is 0 Å². The minimum absolute atomic E-state index is 0.247. The SMILES string of the molecule is Cc1ccc(C(C)C)cc1-c1ccnc(CC#N)n1. The van der Waals surface area contributed by atoms with Crippen LogP contribution < -0.4 is 0 Å². The zero-order chi connectivity index (χ0) is 13.8. The van der Waals surface area contributed by atoms with Gasteiger partial charge in [-0.15, -0.1) is 0 Å². The van der Waals surface area contributed by atoms with E-state index in [1.165, 1.54) is 11.1 Å². The van der Waals surface area contributed by atoms with E-state index in [-0.39, 0.29) is 6.42 Å². The first-order valence-electron chi connectivity index (χ1n) is 6.41. The fourth-order valence-corrected chi connectivity index (χ4v) is 1.98. The van der Waals surface area contributed by atoms with Crippen molar-refractivity contribution in [2.45, 2.75) is 33.1 Å². The molecule has 0 bridgehead atoms. The van der Waals surface area contributed by atoms with Gasteiger partial charge in [-0.2, -0.15) is 5.26 Å². The molecule has 0 fully saturated rings. The Kier molecular flexibility index (Phi) is 3.91. The summed E-state index contributed by atoms with van der Waals surface area (Å²) in [4.78, 5) is 8.57. The van der Waals surface area contributed by atoms with Crippen molar-refractivity contribution in [3.05, 3.63) is 47.4 Å².